The van der Waals surface area contributed by atoms with Crippen LogP contribution >= 0.6 is 0 Å². The molecule has 0 aliphatic carbocycles. The van der Waals surface area contributed by atoms with E-state index in [1.165, 1.54) is 7.11 Å². The molecule has 8 heavy (non-hydrogen) atoms. The average molecular weight is 135 g/mol. The fourth-order valence-corrected chi connectivity index (χ4v) is 1.37. The van der Waals surface area contributed by atoms with Crippen molar-refractivity contribution in [2.75, 3.05) is 7.11 Å². The van der Waals surface area contributed by atoms with Crippen LogP contribution in [0.2, 0.25) is 6.04 Å². The average Bonchev–Trinajstić information content (AvgIpc) is 1.68. The van der Waals surface area contributed by atoms with E-state index in [2.05, 4.69) is 11.8 Å². The summed E-state index contributed by atoms with van der Waals surface area (Å²) < 4.78 is 4.70. The molecule has 0 aromatic heterocycles. The van der Waals surface area contributed by atoms with Crippen LogP contribution in [0.25, 0.3) is 0 Å². The SMILES string of the molecule is CCC[SiH](N)OOC. The summed E-state index contributed by atoms with van der Waals surface area (Å²) in [6.07, 6.45) is 1.08. The molecule has 0 rings (SSSR count). The Bertz CT molecular complexity index is 47.3. The van der Waals surface area contributed by atoms with Crippen molar-refractivity contribution in [1.29, 1.82) is 0 Å². The van der Waals surface area contributed by atoms with Crippen LogP contribution in [0.3, 0.4) is 0 Å². The van der Waals surface area contributed by atoms with Crippen LogP contribution in [0.15, 0.2) is 0 Å². The molecule has 0 amide bonds. The van der Waals surface area contributed by atoms with Crippen molar-refractivity contribution in [2.45, 2.75) is 19.4 Å². The van der Waals surface area contributed by atoms with Gasteiger partial charge < -0.3 is 5.40 Å². The molecular formula is C4H13NO2Si. The molecule has 0 aromatic rings. The van der Waals surface area contributed by atoms with Gasteiger partial charge in [-0.05, 0) is 6.04 Å². The molecule has 1 unspecified atom stereocenters. The van der Waals surface area contributed by atoms with Crippen LogP contribution in [0.1, 0.15) is 13.3 Å². The highest BCUT2D eigenvalue weighted by Crippen LogP contribution is 1.91. The van der Waals surface area contributed by atoms with Crippen molar-refractivity contribution in [3.63, 3.8) is 0 Å². The molecule has 0 saturated carbocycles. The van der Waals surface area contributed by atoms with E-state index in [1.54, 1.807) is 0 Å². The van der Waals surface area contributed by atoms with Gasteiger partial charge in [-0.1, -0.05) is 13.3 Å². The van der Waals surface area contributed by atoms with Gasteiger partial charge in [0.05, 0.1) is 7.11 Å². The molecule has 1 atom stereocenters. The van der Waals surface area contributed by atoms with Crippen molar-refractivity contribution in [1.82, 2.24) is 0 Å². The third-order valence-corrected chi connectivity index (χ3v) is 2.38. The molecule has 2 N–H and O–H groups in total. The zero-order valence-corrected chi connectivity index (χ0v) is 6.54. The highest BCUT2D eigenvalue weighted by atomic mass is 28.3. The second-order valence-corrected chi connectivity index (χ2v) is 3.44. The first-order valence-electron chi connectivity index (χ1n) is 2.76. The summed E-state index contributed by atoms with van der Waals surface area (Å²) >= 11 is 0. The van der Waals surface area contributed by atoms with Crippen molar-refractivity contribution in [3.05, 3.63) is 0 Å². The Morgan fingerprint density at radius 3 is 2.62 bits per heavy atom. The number of hydrogen-bond acceptors (Lipinski definition) is 3. The summed E-state index contributed by atoms with van der Waals surface area (Å²) in [5, 5.41) is 5.49. The molecule has 3 nitrogen and oxygen atoms in total. The summed E-state index contributed by atoms with van der Waals surface area (Å²) in [4.78, 5) is 4.39. The molecule has 0 spiro atoms. The number of nitrogens with two attached hydrogens (primary N) is 1. The number of hydrogen-bond donors (Lipinski definition) is 1. The van der Waals surface area contributed by atoms with E-state index in [1.807, 2.05) is 0 Å². The van der Waals surface area contributed by atoms with E-state index < -0.39 is 9.20 Å². The summed E-state index contributed by atoms with van der Waals surface area (Å²) in [6, 6.07) is 0.980. The van der Waals surface area contributed by atoms with Gasteiger partial charge in [-0.15, -0.1) is 0 Å². The maximum Gasteiger partial charge on any atom is 0.293 e. The second-order valence-electron chi connectivity index (χ2n) is 1.59. The largest absolute Gasteiger partial charge is 0.330 e. The van der Waals surface area contributed by atoms with E-state index in [-0.39, 0.29) is 0 Å². The quantitative estimate of drug-likeness (QED) is 0.339. The third kappa shape index (κ3) is 4.26. The summed E-state index contributed by atoms with van der Waals surface area (Å²) in [5.41, 5.74) is 0. The van der Waals surface area contributed by atoms with E-state index in [9.17, 15) is 0 Å². The van der Waals surface area contributed by atoms with Gasteiger partial charge >= 0.3 is 0 Å². The minimum atomic E-state index is -1.42. The van der Waals surface area contributed by atoms with Crippen LogP contribution in [0.5, 0.6) is 0 Å². The fourth-order valence-electron chi connectivity index (χ4n) is 0.456. The first-order chi connectivity index (χ1) is 3.81. The molecule has 0 aromatic carbocycles. The highest BCUT2D eigenvalue weighted by Gasteiger charge is 2.02. The zero-order chi connectivity index (χ0) is 6.41. The minimum Gasteiger partial charge on any atom is -0.330 e. The van der Waals surface area contributed by atoms with E-state index in [4.69, 9.17) is 9.98 Å². The Balaban J connectivity index is 2.92. The first kappa shape index (κ1) is 8.10. The summed E-state index contributed by atoms with van der Waals surface area (Å²) in [6.45, 7) is 2.08. The van der Waals surface area contributed by atoms with Gasteiger partial charge in [0.2, 0.25) is 0 Å². The summed E-state index contributed by atoms with van der Waals surface area (Å²) in [5.74, 6) is 0. The molecule has 0 heterocycles. The van der Waals surface area contributed by atoms with Gasteiger partial charge in [-0.25, -0.2) is 0 Å². The van der Waals surface area contributed by atoms with Crippen LogP contribution < -0.4 is 5.40 Å². The monoisotopic (exact) mass is 135 g/mol. The molecule has 50 valence electrons. The predicted octanol–water partition coefficient (Wildman–Crippen LogP) is 0.154. The Morgan fingerprint density at radius 1 is 1.62 bits per heavy atom. The Kier molecular flexibility index (Phi) is 5.30. The van der Waals surface area contributed by atoms with Crippen LogP contribution in [-0.2, 0) is 9.46 Å². The van der Waals surface area contributed by atoms with E-state index in [0.29, 0.717) is 0 Å². The van der Waals surface area contributed by atoms with Gasteiger partial charge in [0.25, 0.3) is 9.20 Å². The molecule has 0 bridgehead atoms. The van der Waals surface area contributed by atoms with Crippen molar-refractivity contribution < 1.29 is 9.46 Å². The van der Waals surface area contributed by atoms with Gasteiger partial charge in [0, 0.05) is 0 Å². The van der Waals surface area contributed by atoms with Crippen LogP contribution in [-0.4, -0.2) is 16.3 Å². The normalized spacial score (nSPS) is 13.9. The van der Waals surface area contributed by atoms with Gasteiger partial charge in [0.1, 0.15) is 0 Å². The lowest BCUT2D eigenvalue weighted by Crippen LogP contribution is -2.28. The first-order valence-corrected chi connectivity index (χ1v) is 4.71. The van der Waals surface area contributed by atoms with Crippen molar-refractivity contribution in [2.24, 2.45) is 5.40 Å². The maximum atomic E-state index is 5.49. The molecule has 0 fully saturated rings. The predicted molar refractivity (Wildman–Crippen MR) is 34.5 cm³/mol. The lowest BCUT2D eigenvalue weighted by molar-refractivity contribution is -0.185. The molecule has 4 heteroatoms. The maximum absolute atomic E-state index is 5.49. The van der Waals surface area contributed by atoms with Crippen molar-refractivity contribution >= 4 is 9.20 Å². The molecular weight excluding hydrogens is 122 g/mol. The molecule has 0 aliphatic rings. The lowest BCUT2D eigenvalue weighted by atomic mass is 10.6. The number of rotatable bonds is 4. The van der Waals surface area contributed by atoms with Gasteiger partial charge in [-0.2, -0.15) is 0 Å². The Hall–Kier alpha value is 0.0969. The van der Waals surface area contributed by atoms with Gasteiger partial charge in [-0.3, -0.25) is 9.46 Å². The van der Waals surface area contributed by atoms with E-state index >= 15 is 0 Å². The van der Waals surface area contributed by atoms with Crippen LogP contribution in [0, 0.1) is 0 Å². The standard InChI is InChI=1S/C4H13NO2Si/c1-3-4-8(5)7-6-2/h8H,3-5H2,1-2H3. The highest BCUT2D eigenvalue weighted by molar-refractivity contribution is 6.47. The lowest BCUT2D eigenvalue weighted by Gasteiger charge is -2.04. The Morgan fingerprint density at radius 2 is 2.25 bits per heavy atom. The third-order valence-electron chi connectivity index (χ3n) is 0.793. The molecule has 0 saturated heterocycles. The smallest absolute Gasteiger partial charge is 0.293 e. The second kappa shape index (κ2) is 5.24. The fraction of sp³-hybridized carbons (Fsp3) is 1.00. The molecule has 0 aliphatic heterocycles. The van der Waals surface area contributed by atoms with Crippen molar-refractivity contribution in [3.8, 4) is 0 Å². The van der Waals surface area contributed by atoms with Crippen LogP contribution in [0.4, 0.5) is 0 Å². The van der Waals surface area contributed by atoms with E-state index in [0.717, 1.165) is 12.5 Å². The van der Waals surface area contributed by atoms with Gasteiger partial charge in [0.15, 0.2) is 0 Å². The minimum absolute atomic E-state index is 0.980. The zero-order valence-electron chi connectivity index (χ0n) is 5.39. The summed E-state index contributed by atoms with van der Waals surface area (Å²) in [7, 11) is 0.0642. The topological polar surface area (TPSA) is 44.5 Å². The Labute approximate surface area is 51.5 Å². The molecule has 0 radical (unpaired) electrons.